The van der Waals surface area contributed by atoms with E-state index in [1.165, 1.54) is 6.20 Å². The van der Waals surface area contributed by atoms with Crippen molar-refractivity contribution in [3.8, 4) is 0 Å². The molecule has 2 rings (SSSR count). The summed E-state index contributed by atoms with van der Waals surface area (Å²) in [6.45, 7) is -1.51. The number of aromatic nitrogens is 4. The summed E-state index contributed by atoms with van der Waals surface area (Å²) in [5.41, 5.74) is 1.62. The number of nitrogens with one attached hydrogen (secondary N) is 1. The first-order valence-corrected chi connectivity index (χ1v) is 5.16. The zero-order chi connectivity index (χ0) is 12.3. The second-order valence-electron chi connectivity index (χ2n) is 3.61. The Hall–Kier alpha value is -1.76. The molecule has 0 saturated carbocycles. The standard InChI is InChI=1S/C10H13F2N5/c1-16-9(2-4-14-16)7-13-6-8-3-5-17(15-8)10(11)12/h2-5,10,13H,6-7H2,1H3. The lowest BCUT2D eigenvalue weighted by Gasteiger charge is -2.03. The lowest BCUT2D eigenvalue weighted by Crippen LogP contribution is -2.15. The van der Waals surface area contributed by atoms with Crippen LogP contribution in [0.3, 0.4) is 0 Å². The Bertz CT molecular complexity index is 477. The highest BCUT2D eigenvalue weighted by Gasteiger charge is 2.07. The van der Waals surface area contributed by atoms with Gasteiger partial charge in [-0.25, -0.2) is 4.68 Å². The third-order valence-electron chi connectivity index (χ3n) is 2.40. The molecule has 1 N–H and O–H groups in total. The van der Waals surface area contributed by atoms with Gasteiger partial charge in [0.1, 0.15) is 0 Å². The molecule has 2 aromatic heterocycles. The van der Waals surface area contributed by atoms with Crippen LogP contribution >= 0.6 is 0 Å². The lowest BCUT2D eigenvalue weighted by molar-refractivity contribution is 0.0561. The summed E-state index contributed by atoms with van der Waals surface area (Å²) in [5.74, 6) is 0. The Morgan fingerprint density at radius 3 is 2.76 bits per heavy atom. The van der Waals surface area contributed by atoms with Gasteiger partial charge in [0, 0.05) is 32.5 Å². The molecule has 0 aliphatic carbocycles. The van der Waals surface area contributed by atoms with Crippen molar-refractivity contribution < 1.29 is 8.78 Å². The first-order chi connectivity index (χ1) is 8.16. The number of hydrogen-bond acceptors (Lipinski definition) is 3. The van der Waals surface area contributed by atoms with Crippen molar-refractivity contribution in [2.45, 2.75) is 19.6 Å². The van der Waals surface area contributed by atoms with E-state index in [4.69, 9.17) is 0 Å². The van der Waals surface area contributed by atoms with Crippen LogP contribution in [0.15, 0.2) is 24.5 Å². The molecule has 5 nitrogen and oxygen atoms in total. The molecule has 0 radical (unpaired) electrons. The Kier molecular flexibility index (Phi) is 3.48. The first-order valence-electron chi connectivity index (χ1n) is 5.16. The predicted octanol–water partition coefficient (Wildman–Crippen LogP) is 1.30. The van der Waals surface area contributed by atoms with E-state index >= 15 is 0 Å². The van der Waals surface area contributed by atoms with Crippen LogP contribution in [0.2, 0.25) is 0 Å². The fourth-order valence-corrected chi connectivity index (χ4v) is 1.47. The summed E-state index contributed by atoms with van der Waals surface area (Å²) in [6.07, 6.45) is 2.98. The maximum absolute atomic E-state index is 12.2. The summed E-state index contributed by atoms with van der Waals surface area (Å²) >= 11 is 0. The molecule has 17 heavy (non-hydrogen) atoms. The lowest BCUT2D eigenvalue weighted by atomic mass is 10.4. The molecule has 0 aromatic carbocycles. The quantitative estimate of drug-likeness (QED) is 0.858. The molecule has 0 spiro atoms. The zero-order valence-corrected chi connectivity index (χ0v) is 9.35. The van der Waals surface area contributed by atoms with E-state index in [1.54, 1.807) is 16.9 Å². The molecule has 0 fully saturated rings. The third kappa shape index (κ3) is 2.88. The molecule has 7 heteroatoms. The Balaban J connectivity index is 1.84. The minimum Gasteiger partial charge on any atom is -0.305 e. The van der Waals surface area contributed by atoms with Gasteiger partial charge in [0.15, 0.2) is 0 Å². The molecule has 0 unspecified atom stereocenters. The van der Waals surface area contributed by atoms with Crippen molar-refractivity contribution in [3.05, 3.63) is 35.9 Å². The van der Waals surface area contributed by atoms with E-state index in [2.05, 4.69) is 15.5 Å². The van der Waals surface area contributed by atoms with E-state index in [0.717, 1.165) is 5.69 Å². The molecule has 92 valence electrons. The monoisotopic (exact) mass is 241 g/mol. The van der Waals surface area contributed by atoms with Crippen LogP contribution < -0.4 is 5.32 Å². The summed E-state index contributed by atoms with van der Waals surface area (Å²) in [6, 6.07) is 3.47. The van der Waals surface area contributed by atoms with Gasteiger partial charge in [-0.3, -0.25) is 4.68 Å². The average molecular weight is 241 g/mol. The van der Waals surface area contributed by atoms with Gasteiger partial charge in [0.05, 0.1) is 11.4 Å². The van der Waals surface area contributed by atoms with Gasteiger partial charge in [-0.05, 0) is 12.1 Å². The van der Waals surface area contributed by atoms with Crippen molar-refractivity contribution in [2.75, 3.05) is 0 Å². The van der Waals surface area contributed by atoms with E-state index in [-0.39, 0.29) is 0 Å². The maximum Gasteiger partial charge on any atom is 0.333 e. The molecule has 0 bridgehead atoms. The third-order valence-corrected chi connectivity index (χ3v) is 2.40. The van der Waals surface area contributed by atoms with Crippen molar-refractivity contribution in [1.29, 1.82) is 0 Å². The molecule has 0 atom stereocenters. The highest BCUT2D eigenvalue weighted by atomic mass is 19.3. The summed E-state index contributed by atoms with van der Waals surface area (Å²) < 4.78 is 26.9. The molecule has 0 aliphatic rings. The van der Waals surface area contributed by atoms with Crippen LogP contribution in [-0.2, 0) is 20.1 Å². The predicted molar refractivity (Wildman–Crippen MR) is 57.2 cm³/mol. The van der Waals surface area contributed by atoms with Crippen LogP contribution in [0.4, 0.5) is 8.78 Å². The Morgan fingerprint density at radius 2 is 2.18 bits per heavy atom. The van der Waals surface area contributed by atoms with Crippen molar-refractivity contribution >= 4 is 0 Å². The average Bonchev–Trinajstić information content (AvgIpc) is 2.89. The van der Waals surface area contributed by atoms with Gasteiger partial charge in [0.2, 0.25) is 0 Å². The fourth-order valence-electron chi connectivity index (χ4n) is 1.47. The Morgan fingerprint density at radius 1 is 1.35 bits per heavy atom. The second kappa shape index (κ2) is 5.05. The molecule has 2 aromatic rings. The zero-order valence-electron chi connectivity index (χ0n) is 9.35. The Labute approximate surface area is 97.0 Å². The van der Waals surface area contributed by atoms with E-state index in [0.29, 0.717) is 23.5 Å². The number of halogens is 2. The van der Waals surface area contributed by atoms with Crippen LogP contribution in [0.1, 0.15) is 17.9 Å². The van der Waals surface area contributed by atoms with Crippen LogP contribution in [-0.4, -0.2) is 19.6 Å². The van der Waals surface area contributed by atoms with Crippen LogP contribution in [0.5, 0.6) is 0 Å². The SMILES string of the molecule is Cn1nccc1CNCc1ccn(C(F)F)n1. The summed E-state index contributed by atoms with van der Waals surface area (Å²) in [4.78, 5) is 0. The molecule has 2 heterocycles. The number of nitrogens with zero attached hydrogens (tertiary/aromatic N) is 4. The minimum atomic E-state index is -2.58. The van der Waals surface area contributed by atoms with E-state index in [1.807, 2.05) is 13.1 Å². The van der Waals surface area contributed by atoms with Gasteiger partial charge in [-0.15, -0.1) is 0 Å². The van der Waals surface area contributed by atoms with Gasteiger partial charge in [0.25, 0.3) is 0 Å². The smallest absolute Gasteiger partial charge is 0.305 e. The number of hydrogen-bond donors (Lipinski definition) is 1. The summed E-state index contributed by atoms with van der Waals surface area (Å²) in [5, 5.41) is 10.9. The minimum absolute atomic E-state index is 0.449. The maximum atomic E-state index is 12.2. The number of aryl methyl sites for hydroxylation is 1. The second-order valence-corrected chi connectivity index (χ2v) is 3.61. The van der Waals surface area contributed by atoms with Crippen LogP contribution in [0.25, 0.3) is 0 Å². The van der Waals surface area contributed by atoms with Crippen molar-refractivity contribution in [3.63, 3.8) is 0 Å². The van der Waals surface area contributed by atoms with Crippen molar-refractivity contribution in [1.82, 2.24) is 24.9 Å². The molecular formula is C10H13F2N5. The van der Waals surface area contributed by atoms with Gasteiger partial charge in [-0.2, -0.15) is 19.0 Å². The summed E-state index contributed by atoms with van der Waals surface area (Å²) in [7, 11) is 1.85. The topological polar surface area (TPSA) is 47.7 Å². The van der Waals surface area contributed by atoms with Gasteiger partial charge in [-0.1, -0.05) is 0 Å². The highest BCUT2D eigenvalue weighted by molar-refractivity contribution is 5.01. The van der Waals surface area contributed by atoms with E-state index in [9.17, 15) is 8.78 Å². The number of rotatable bonds is 5. The fraction of sp³-hybridized carbons (Fsp3) is 0.400. The van der Waals surface area contributed by atoms with E-state index < -0.39 is 6.55 Å². The molecule has 0 amide bonds. The molecular weight excluding hydrogens is 228 g/mol. The first kappa shape index (κ1) is 11.7. The largest absolute Gasteiger partial charge is 0.333 e. The van der Waals surface area contributed by atoms with Crippen molar-refractivity contribution in [2.24, 2.45) is 7.05 Å². The highest BCUT2D eigenvalue weighted by Crippen LogP contribution is 2.08. The van der Waals surface area contributed by atoms with Crippen LogP contribution in [0, 0.1) is 0 Å². The molecule has 0 saturated heterocycles. The van der Waals surface area contributed by atoms with Gasteiger partial charge >= 0.3 is 6.55 Å². The normalized spacial score (nSPS) is 11.3. The van der Waals surface area contributed by atoms with Gasteiger partial charge < -0.3 is 5.32 Å². The molecule has 0 aliphatic heterocycles. The number of alkyl halides is 2.